The maximum Gasteiger partial charge on any atom is 0.174 e. The van der Waals surface area contributed by atoms with Crippen LogP contribution in [0, 0.1) is 17.8 Å². The Bertz CT molecular complexity index is 1220. The highest BCUT2D eigenvalue weighted by molar-refractivity contribution is 7.95. The molecule has 0 aromatic heterocycles. The Kier molecular flexibility index (Phi) is 3.12. The number of rotatable bonds is 0. The summed E-state index contributed by atoms with van der Waals surface area (Å²) in [4.78, 5) is 27.3. The van der Waals surface area contributed by atoms with E-state index in [0.29, 0.717) is 28.0 Å². The summed E-state index contributed by atoms with van der Waals surface area (Å²) < 4.78 is 25.0. The first-order valence-corrected chi connectivity index (χ1v) is 11.7. The third kappa shape index (κ3) is 1.90. The topological polar surface area (TPSA) is 109 Å². The minimum Gasteiger partial charge on any atom is -0.507 e. The zero-order valence-electron chi connectivity index (χ0n) is 15.8. The Hall–Kier alpha value is -2.41. The minimum absolute atomic E-state index is 0.0160. The monoisotopic (exact) mass is 412 g/mol. The number of allylic oxidation sites excluding steroid dienone is 4. The first-order valence-electron chi connectivity index (χ1n) is 10.0. The predicted molar refractivity (Wildman–Crippen MR) is 104 cm³/mol. The fraction of sp³-hybridized carbons (Fsp3) is 0.455. The van der Waals surface area contributed by atoms with Gasteiger partial charge in [0, 0.05) is 45.6 Å². The molecule has 1 heterocycles. The van der Waals surface area contributed by atoms with Gasteiger partial charge in [0.15, 0.2) is 21.4 Å². The van der Waals surface area contributed by atoms with Gasteiger partial charge in [-0.15, -0.1) is 0 Å². The maximum atomic E-state index is 13.6. The van der Waals surface area contributed by atoms with Gasteiger partial charge < -0.3 is 10.2 Å². The molecule has 5 atom stereocenters. The van der Waals surface area contributed by atoms with E-state index in [1.807, 2.05) is 12.2 Å². The number of phenolic OH excluding ortho intramolecular Hbond substituents is 2. The largest absolute Gasteiger partial charge is 0.507 e. The average molecular weight is 412 g/mol. The van der Waals surface area contributed by atoms with E-state index in [1.165, 1.54) is 0 Å². The predicted octanol–water partition coefficient (Wildman–Crippen LogP) is 2.96. The van der Waals surface area contributed by atoms with Crippen LogP contribution >= 0.6 is 0 Å². The molecule has 2 N–H and O–H groups in total. The van der Waals surface area contributed by atoms with Gasteiger partial charge in [0.2, 0.25) is 0 Å². The second-order valence-electron chi connectivity index (χ2n) is 9.03. The molecule has 1 fully saturated rings. The van der Waals surface area contributed by atoms with Crippen molar-refractivity contribution in [2.45, 2.75) is 38.0 Å². The second-order valence-corrected chi connectivity index (χ2v) is 11.1. The lowest BCUT2D eigenvalue weighted by molar-refractivity contribution is 0.0665. The Morgan fingerprint density at radius 3 is 2.14 bits per heavy atom. The lowest BCUT2D eigenvalue weighted by atomic mass is 9.62. The first-order chi connectivity index (χ1) is 13.7. The number of hydrogen-bond acceptors (Lipinski definition) is 6. The third-order valence-electron chi connectivity index (χ3n) is 7.66. The number of carbonyl (C=O) groups excluding carboxylic acids is 2. The normalized spacial score (nSPS) is 35.6. The average Bonchev–Trinajstić information content (AvgIpc) is 3.36. The van der Waals surface area contributed by atoms with Crippen molar-refractivity contribution in [2.24, 2.45) is 17.8 Å². The lowest BCUT2D eigenvalue weighted by Gasteiger charge is -2.39. The van der Waals surface area contributed by atoms with Crippen LogP contribution in [0.25, 0.3) is 0 Å². The highest BCUT2D eigenvalue weighted by Gasteiger charge is 2.56. The fourth-order valence-electron chi connectivity index (χ4n) is 6.61. The van der Waals surface area contributed by atoms with Crippen molar-refractivity contribution in [3.05, 3.63) is 44.9 Å². The quantitative estimate of drug-likeness (QED) is 0.501. The Labute approximate surface area is 167 Å². The van der Waals surface area contributed by atoms with Crippen LogP contribution in [0.3, 0.4) is 0 Å². The van der Waals surface area contributed by atoms with Crippen molar-refractivity contribution >= 4 is 21.4 Å². The summed E-state index contributed by atoms with van der Waals surface area (Å²) in [6, 6.07) is 0. The van der Waals surface area contributed by atoms with Gasteiger partial charge in [-0.05, 0) is 26.2 Å². The van der Waals surface area contributed by atoms with Gasteiger partial charge in [-0.1, -0.05) is 17.7 Å². The van der Waals surface area contributed by atoms with Crippen LogP contribution in [0.4, 0.5) is 0 Å². The molecule has 0 spiro atoms. The molecule has 7 heteroatoms. The molecule has 2 bridgehead atoms. The van der Waals surface area contributed by atoms with Gasteiger partial charge in [0.25, 0.3) is 0 Å². The number of hydrogen-bond donors (Lipinski definition) is 2. The third-order valence-corrected chi connectivity index (χ3v) is 9.76. The van der Waals surface area contributed by atoms with E-state index in [0.717, 1.165) is 6.42 Å². The number of carbonyl (C=O) groups is 2. The Morgan fingerprint density at radius 2 is 1.52 bits per heavy atom. The number of Topliss-reactive ketones (excluding diaryl/α,β-unsaturated/α-hetero) is 2. The zero-order valence-corrected chi connectivity index (χ0v) is 16.6. The molecule has 150 valence electrons. The van der Waals surface area contributed by atoms with E-state index < -0.39 is 33.4 Å². The van der Waals surface area contributed by atoms with Crippen molar-refractivity contribution in [1.29, 1.82) is 0 Å². The standard InChI is InChI=1S/C22H20O6S/c1-8-6-12-15(11-4-5-29(27,28)22(8)11)21(26)17-16(18(12)23)19(24)13-9-2-3-10(7-9)14(13)20(17)25/h2-3,9-12,15,24-25H,4-7H2,1H3/t9-,10+,11?,12?,15?/m1/s1. The number of sulfone groups is 1. The number of benzene rings is 1. The van der Waals surface area contributed by atoms with E-state index in [2.05, 4.69) is 0 Å². The van der Waals surface area contributed by atoms with Crippen molar-refractivity contribution in [3.8, 4) is 11.5 Å². The summed E-state index contributed by atoms with van der Waals surface area (Å²) in [5, 5.41) is 22.0. The maximum absolute atomic E-state index is 13.6. The summed E-state index contributed by atoms with van der Waals surface area (Å²) in [5.41, 5.74) is 1.60. The van der Waals surface area contributed by atoms with Gasteiger partial charge in [-0.25, -0.2) is 8.42 Å². The summed E-state index contributed by atoms with van der Waals surface area (Å²) in [7, 11) is -3.40. The van der Waals surface area contributed by atoms with Crippen LogP contribution in [0.1, 0.15) is 69.9 Å². The molecule has 4 aliphatic carbocycles. The summed E-state index contributed by atoms with van der Waals surface area (Å²) in [6.45, 7) is 1.72. The summed E-state index contributed by atoms with van der Waals surface area (Å²) in [5.74, 6) is -3.25. The van der Waals surface area contributed by atoms with Crippen LogP contribution in [0.5, 0.6) is 11.5 Å². The Balaban J connectivity index is 1.60. The van der Waals surface area contributed by atoms with Crippen LogP contribution in [0.15, 0.2) is 22.6 Å². The van der Waals surface area contributed by atoms with Gasteiger partial charge in [-0.3, -0.25) is 9.59 Å². The highest BCUT2D eigenvalue weighted by Crippen LogP contribution is 2.60. The second kappa shape index (κ2) is 5.19. The van der Waals surface area contributed by atoms with E-state index in [1.54, 1.807) is 6.92 Å². The van der Waals surface area contributed by atoms with Gasteiger partial charge in [0.05, 0.1) is 16.9 Å². The number of aromatic hydroxyl groups is 2. The van der Waals surface area contributed by atoms with Crippen molar-refractivity contribution in [1.82, 2.24) is 0 Å². The molecular weight excluding hydrogens is 392 g/mol. The molecular formula is C22H20O6S. The fourth-order valence-corrected chi connectivity index (χ4v) is 8.73. The molecule has 6 rings (SSSR count). The molecule has 5 aliphatic rings. The molecule has 29 heavy (non-hydrogen) atoms. The molecule has 1 aromatic rings. The van der Waals surface area contributed by atoms with Crippen LogP contribution < -0.4 is 0 Å². The highest BCUT2D eigenvalue weighted by atomic mass is 32.2. The number of fused-ring (bicyclic) bond motifs is 9. The molecule has 0 saturated carbocycles. The number of phenols is 2. The van der Waals surface area contributed by atoms with Crippen LogP contribution in [0.2, 0.25) is 0 Å². The van der Waals surface area contributed by atoms with Crippen molar-refractivity contribution in [3.63, 3.8) is 0 Å². The van der Waals surface area contributed by atoms with Gasteiger partial charge in [-0.2, -0.15) is 0 Å². The minimum atomic E-state index is -3.40. The molecule has 6 nitrogen and oxygen atoms in total. The summed E-state index contributed by atoms with van der Waals surface area (Å²) in [6.07, 6.45) is 5.17. The molecule has 3 unspecified atom stereocenters. The Morgan fingerprint density at radius 1 is 0.931 bits per heavy atom. The molecule has 1 aliphatic heterocycles. The van der Waals surface area contributed by atoms with Crippen molar-refractivity contribution < 1.29 is 28.2 Å². The first kappa shape index (κ1) is 17.4. The van der Waals surface area contributed by atoms with Gasteiger partial charge in [0.1, 0.15) is 11.5 Å². The van der Waals surface area contributed by atoms with E-state index in [-0.39, 0.29) is 52.4 Å². The van der Waals surface area contributed by atoms with E-state index in [4.69, 9.17) is 0 Å². The smallest absolute Gasteiger partial charge is 0.174 e. The number of ketones is 2. The SMILES string of the molecule is CC1=C2C(CCS2(=O)=O)C2C(=O)c3c(O)c4c(c(O)c3C(=O)C2C1)[C@@H]1C=C[C@H]4C1. The van der Waals surface area contributed by atoms with Crippen LogP contribution in [-0.2, 0) is 9.84 Å². The molecule has 0 radical (unpaired) electrons. The molecule has 1 saturated heterocycles. The van der Waals surface area contributed by atoms with E-state index >= 15 is 0 Å². The summed E-state index contributed by atoms with van der Waals surface area (Å²) >= 11 is 0. The van der Waals surface area contributed by atoms with Crippen molar-refractivity contribution in [2.75, 3.05) is 5.75 Å². The molecule has 1 aromatic carbocycles. The van der Waals surface area contributed by atoms with Gasteiger partial charge >= 0.3 is 0 Å². The van der Waals surface area contributed by atoms with E-state index in [9.17, 15) is 28.2 Å². The zero-order chi connectivity index (χ0) is 20.4. The van der Waals surface area contributed by atoms with Crippen LogP contribution in [-0.4, -0.2) is 36.0 Å². The lowest BCUT2D eigenvalue weighted by Crippen LogP contribution is -2.43. The molecule has 0 amide bonds.